The molecule has 7 rings (SSSR count). The topological polar surface area (TPSA) is 85.7 Å². The number of fused-ring (bicyclic) bond motifs is 2. The number of alkyl halides is 3. The van der Waals surface area contributed by atoms with Gasteiger partial charge >= 0.3 is 18.1 Å². The number of halogens is 3. The summed E-state index contributed by atoms with van der Waals surface area (Å²) in [6, 6.07) is 34.5. The van der Waals surface area contributed by atoms with Gasteiger partial charge in [0.2, 0.25) is 0 Å². The minimum atomic E-state index is -4.46. The molecule has 0 aliphatic rings. The van der Waals surface area contributed by atoms with Crippen LogP contribution >= 0.6 is 22.7 Å². The number of hydrogen-bond donors (Lipinski definition) is 1. The van der Waals surface area contributed by atoms with E-state index >= 15 is 0 Å². The van der Waals surface area contributed by atoms with Crippen LogP contribution in [0.25, 0.3) is 42.4 Å². The van der Waals surface area contributed by atoms with Gasteiger partial charge in [0.05, 0.1) is 30.9 Å². The average molecular weight is 754 g/mol. The van der Waals surface area contributed by atoms with Crippen molar-refractivity contribution in [3.63, 3.8) is 0 Å². The Kier molecular flexibility index (Phi) is 11.7. The first-order valence-corrected chi connectivity index (χ1v) is 18.4. The second-order valence-corrected chi connectivity index (χ2v) is 14.1. The van der Waals surface area contributed by atoms with Crippen LogP contribution in [0.2, 0.25) is 0 Å². The van der Waals surface area contributed by atoms with Gasteiger partial charge in [-0.05, 0) is 96.8 Å². The molecule has 0 saturated heterocycles. The third kappa shape index (κ3) is 8.82. The van der Waals surface area contributed by atoms with Gasteiger partial charge in [-0.15, -0.1) is 22.7 Å². The van der Waals surface area contributed by atoms with Crippen molar-refractivity contribution in [2.75, 3.05) is 13.2 Å². The van der Waals surface area contributed by atoms with Crippen molar-refractivity contribution in [1.82, 2.24) is 4.98 Å². The summed E-state index contributed by atoms with van der Waals surface area (Å²) in [5.74, 6) is -0.684. The summed E-state index contributed by atoms with van der Waals surface area (Å²) in [6.45, 7) is 4.26. The van der Waals surface area contributed by atoms with E-state index in [-0.39, 0.29) is 18.5 Å². The zero-order valence-electron chi connectivity index (χ0n) is 28.8. The number of aliphatic hydroxyl groups excluding tert-OH is 1. The Morgan fingerprint density at radius 3 is 1.66 bits per heavy atom. The molecule has 7 aromatic rings. The third-order valence-electron chi connectivity index (χ3n) is 8.20. The van der Waals surface area contributed by atoms with Gasteiger partial charge in [-0.3, -0.25) is 0 Å². The van der Waals surface area contributed by atoms with Gasteiger partial charge in [-0.2, -0.15) is 13.2 Å². The van der Waals surface area contributed by atoms with Crippen LogP contribution < -0.4 is 0 Å². The zero-order valence-corrected chi connectivity index (χ0v) is 30.4. The van der Waals surface area contributed by atoms with E-state index in [9.17, 15) is 27.9 Å². The van der Waals surface area contributed by atoms with Gasteiger partial charge in [0.15, 0.2) is 0 Å². The molecule has 3 aromatic heterocycles. The lowest BCUT2D eigenvalue weighted by Crippen LogP contribution is -2.09. The van der Waals surface area contributed by atoms with Crippen LogP contribution in [0.4, 0.5) is 13.2 Å². The van der Waals surface area contributed by atoms with E-state index in [0.29, 0.717) is 36.5 Å². The molecule has 270 valence electrons. The molecule has 0 amide bonds. The molecule has 0 unspecified atom stereocenters. The van der Waals surface area contributed by atoms with Crippen LogP contribution in [0.3, 0.4) is 0 Å². The number of hydrogen-bond acceptors (Lipinski definition) is 8. The van der Waals surface area contributed by atoms with Crippen LogP contribution in [0.5, 0.6) is 0 Å². The van der Waals surface area contributed by atoms with E-state index in [1.807, 2.05) is 72.8 Å². The highest BCUT2D eigenvalue weighted by Gasteiger charge is 2.32. The van der Waals surface area contributed by atoms with Crippen molar-refractivity contribution >= 4 is 54.8 Å². The fraction of sp³-hybridized carbons (Fsp3) is 0.167. The summed E-state index contributed by atoms with van der Waals surface area (Å²) >= 11 is 3.10. The predicted octanol–water partition coefficient (Wildman–Crippen LogP) is 11.0. The van der Waals surface area contributed by atoms with Crippen molar-refractivity contribution in [3.05, 3.63) is 148 Å². The number of carbonyl (C=O) groups excluding carboxylic acids is 2. The van der Waals surface area contributed by atoms with E-state index in [1.165, 1.54) is 17.4 Å². The minimum Gasteiger partial charge on any atom is -0.462 e. The summed E-state index contributed by atoms with van der Waals surface area (Å²) in [5.41, 5.74) is 4.35. The number of carbonyl (C=O) groups is 2. The van der Waals surface area contributed by atoms with Crippen molar-refractivity contribution < 1.29 is 37.3 Å². The van der Waals surface area contributed by atoms with E-state index in [2.05, 4.69) is 4.98 Å². The van der Waals surface area contributed by atoms with E-state index < -0.39 is 11.9 Å². The van der Waals surface area contributed by atoms with Gasteiger partial charge in [-0.1, -0.05) is 54.6 Å². The van der Waals surface area contributed by atoms with Gasteiger partial charge in [0.25, 0.3) is 0 Å². The number of benzene rings is 4. The number of aromatic nitrogens is 1. The van der Waals surface area contributed by atoms with Gasteiger partial charge in [0, 0.05) is 42.0 Å². The van der Waals surface area contributed by atoms with Crippen LogP contribution in [-0.4, -0.2) is 35.2 Å². The molecule has 53 heavy (non-hydrogen) atoms. The summed E-state index contributed by atoms with van der Waals surface area (Å²) in [6.07, 6.45) is -4.15. The van der Waals surface area contributed by atoms with E-state index in [1.54, 1.807) is 55.5 Å². The number of thiophene rings is 2. The van der Waals surface area contributed by atoms with Crippen LogP contribution in [0, 0.1) is 0 Å². The number of pyridine rings is 1. The van der Waals surface area contributed by atoms with Crippen molar-refractivity contribution in [2.45, 2.75) is 33.1 Å². The maximum absolute atomic E-state index is 13.0. The Balaban J connectivity index is 0.000000192. The summed E-state index contributed by atoms with van der Waals surface area (Å²) in [7, 11) is 0. The van der Waals surface area contributed by atoms with E-state index in [4.69, 9.17) is 9.47 Å². The molecule has 0 spiro atoms. The summed E-state index contributed by atoms with van der Waals surface area (Å²) < 4.78 is 51.2. The fourth-order valence-electron chi connectivity index (χ4n) is 5.87. The van der Waals surface area contributed by atoms with Crippen molar-refractivity contribution in [1.29, 1.82) is 0 Å². The lowest BCUT2D eigenvalue weighted by molar-refractivity contribution is -0.141. The molecule has 0 fully saturated rings. The molecule has 0 saturated carbocycles. The van der Waals surface area contributed by atoms with Gasteiger partial charge in [0.1, 0.15) is 5.69 Å². The Bertz CT molecular complexity index is 2400. The normalized spacial score (nSPS) is 11.3. The fourth-order valence-corrected chi connectivity index (χ4v) is 7.92. The van der Waals surface area contributed by atoms with Crippen LogP contribution in [0.15, 0.2) is 115 Å². The SMILES string of the molecule is CCOC(=O)c1cccc(-c2cccc3sc(CO)cc23)c1.CCOC(=O)c1cccc(-c2cccc3sc(Cc4cccc(C(F)(F)F)n4)cc23)c1. The molecule has 0 aliphatic carbocycles. The number of ether oxygens (including phenoxy) is 2. The molecular weight excluding hydrogens is 720 g/mol. The largest absolute Gasteiger partial charge is 0.462 e. The molecule has 3 heterocycles. The standard InChI is InChI=1S/C24H18F3NO2S.C18H16O3S/c1-2-30-23(29)16-7-3-6-15(12-16)19-9-5-10-21-20(19)14-18(31-21)13-17-8-4-11-22(28-17)24(25,26)27;1-2-21-18(20)13-6-3-5-12(9-13)15-7-4-8-17-16(15)10-14(11-19)22-17/h3-12,14H,2,13H2,1H3;3-10,19H,2,11H2,1H3. The lowest BCUT2D eigenvalue weighted by Gasteiger charge is -2.07. The predicted molar refractivity (Wildman–Crippen MR) is 204 cm³/mol. The van der Waals surface area contributed by atoms with E-state index in [0.717, 1.165) is 58.2 Å². The van der Waals surface area contributed by atoms with Gasteiger partial charge in [-0.25, -0.2) is 14.6 Å². The Hall–Kier alpha value is -5.36. The van der Waals surface area contributed by atoms with Crippen LogP contribution in [-0.2, 0) is 28.7 Å². The van der Waals surface area contributed by atoms with Crippen molar-refractivity contribution in [2.24, 2.45) is 0 Å². The highest BCUT2D eigenvalue weighted by atomic mass is 32.1. The van der Waals surface area contributed by atoms with Crippen LogP contribution in [0.1, 0.15) is 55.7 Å². The maximum Gasteiger partial charge on any atom is 0.433 e. The Morgan fingerprint density at radius 1 is 0.660 bits per heavy atom. The molecule has 6 nitrogen and oxygen atoms in total. The molecular formula is C42H34F3NO5S2. The second kappa shape index (κ2) is 16.5. The minimum absolute atomic E-state index is 0.0433. The molecule has 11 heteroatoms. The number of esters is 2. The molecule has 0 bridgehead atoms. The Labute approximate surface area is 312 Å². The number of aliphatic hydroxyl groups is 1. The highest BCUT2D eigenvalue weighted by molar-refractivity contribution is 7.19. The molecule has 0 atom stereocenters. The molecule has 4 aromatic carbocycles. The molecule has 1 N–H and O–H groups in total. The first kappa shape index (κ1) is 37.4. The first-order chi connectivity index (χ1) is 25.6. The molecule has 0 radical (unpaired) electrons. The first-order valence-electron chi connectivity index (χ1n) is 16.8. The number of nitrogens with zero attached hydrogens (tertiary/aromatic N) is 1. The van der Waals surface area contributed by atoms with Gasteiger partial charge < -0.3 is 14.6 Å². The highest BCUT2D eigenvalue weighted by Crippen LogP contribution is 2.37. The smallest absolute Gasteiger partial charge is 0.433 e. The zero-order chi connectivity index (χ0) is 37.5. The van der Waals surface area contributed by atoms with Crippen molar-refractivity contribution in [3.8, 4) is 22.3 Å². The summed E-state index contributed by atoms with van der Waals surface area (Å²) in [4.78, 5) is 29.6. The summed E-state index contributed by atoms with van der Waals surface area (Å²) in [5, 5.41) is 11.4. The monoisotopic (exact) mass is 753 g/mol. The third-order valence-corrected chi connectivity index (χ3v) is 10.4. The maximum atomic E-state index is 13.0. The molecule has 0 aliphatic heterocycles. The Morgan fingerprint density at radius 2 is 1.15 bits per heavy atom. The lowest BCUT2D eigenvalue weighted by atomic mass is 9.99. The number of rotatable bonds is 9. The second-order valence-electron chi connectivity index (χ2n) is 11.8. The average Bonchev–Trinajstić information content (AvgIpc) is 3.79. The quantitative estimate of drug-likeness (QED) is 0.148.